The van der Waals surface area contributed by atoms with E-state index in [1.54, 1.807) is 13.8 Å². The van der Waals surface area contributed by atoms with Crippen molar-refractivity contribution < 1.29 is 47.0 Å². The van der Waals surface area contributed by atoms with E-state index in [1.807, 2.05) is 132 Å². The predicted octanol–water partition coefficient (Wildman–Crippen LogP) is 7.53. The van der Waals surface area contributed by atoms with Gasteiger partial charge in [-0.25, -0.2) is 0 Å². The molecule has 3 aliphatic rings. The van der Waals surface area contributed by atoms with Crippen molar-refractivity contribution in [1.29, 1.82) is 0 Å². The second-order valence-corrected chi connectivity index (χ2v) is 17.1. The van der Waals surface area contributed by atoms with Crippen LogP contribution in [0.1, 0.15) is 115 Å². The molecule has 0 N–H and O–H groups in total. The minimum absolute atomic E-state index is 0. The van der Waals surface area contributed by atoms with Crippen molar-refractivity contribution in [2.45, 2.75) is 151 Å². The summed E-state index contributed by atoms with van der Waals surface area (Å²) in [7, 11) is -1.32. The molecular formula is C39H62B3BrO10. The summed E-state index contributed by atoms with van der Waals surface area (Å²) in [6.45, 7) is 28.8. The Kier molecular flexibility index (Phi) is 16.1. The average Bonchev–Trinajstić information content (AvgIpc) is 3.48. The Morgan fingerprint density at radius 2 is 0.811 bits per heavy atom. The summed E-state index contributed by atoms with van der Waals surface area (Å²) < 4.78 is 46.6. The maximum absolute atomic E-state index is 11.5. The molecule has 0 spiro atoms. The first-order valence-electron chi connectivity index (χ1n) is 18.1. The normalized spacial score (nSPS) is 21.0. The molecule has 10 nitrogen and oxygen atoms in total. The molecular weight excluding hydrogens is 741 g/mol. The Bertz CT molecular complexity index is 1410. The second-order valence-electron chi connectivity index (χ2n) is 16.2. The van der Waals surface area contributed by atoms with E-state index in [2.05, 4.69) is 15.9 Å². The summed E-state index contributed by atoms with van der Waals surface area (Å²) in [6.07, 6.45) is 0.638. The van der Waals surface area contributed by atoms with Gasteiger partial charge in [0.1, 0.15) is 0 Å². The summed E-state index contributed by atoms with van der Waals surface area (Å²) in [6, 6.07) is 15.3. The van der Waals surface area contributed by atoms with E-state index in [-0.39, 0.29) is 66.5 Å². The number of carbonyl (C=O) groups excluding carboxylic acids is 2. The van der Waals surface area contributed by atoms with Gasteiger partial charge in [0.25, 0.3) is 0 Å². The van der Waals surface area contributed by atoms with Crippen LogP contribution in [0.15, 0.2) is 53.0 Å². The molecule has 3 aliphatic heterocycles. The van der Waals surface area contributed by atoms with Crippen molar-refractivity contribution in [3.05, 3.63) is 64.1 Å². The first-order valence-corrected chi connectivity index (χ1v) is 18.9. The van der Waals surface area contributed by atoms with Crippen LogP contribution in [0.25, 0.3) is 0 Å². The Morgan fingerprint density at radius 3 is 1.11 bits per heavy atom. The van der Waals surface area contributed by atoms with Gasteiger partial charge in [-0.1, -0.05) is 59.8 Å². The lowest BCUT2D eigenvalue weighted by molar-refractivity contribution is -0.143. The molecule has 0 aromatic heterocycles. The topological polar surface area (TPSA) is 108 Å². The van der Waals surface area contributed by atoms with Crippen LogP contribution in [0.2, 0.25) is 0 Å². The molecule has 0 amide bonds. The molecule has 0 bridgehead atoms. The van der Waals surface area contributed by atoms with Crippen molar-refractivity contribution in [3.63, 3.8) is 0 Å². The van der Waals surface area contributed by atoms with E-state index in [0.717, 1.165) is 21.1 Å². The summed E-state index contributed by atoms with van der Waals surface area (Å²) >= 11 is 3.33. The molecule has 3 fully saturated rings. The monoisotopic (exact) mass is 802 g/mol. The zero-order chi connectivity index (χ0) is 39.3. The fraction of sp³-hybridized carbons (Fsp3) is 0.641. The molecule has 3 saturated heterocycles. The number of carbonyl (C=O) groups is 2. The van der Waals surface area contributed by atoms with Crippen LogP contribution >= 0.6 is 15.9 Å². The third-order valence-corrected chi connectivity index (χ3v) is 11.0. The van der Waals surface area contributed by atoms with E-state index < -0.39 is 14.0 Å². The minimum Gasteiger partial charge on any atom is -0.466 e. The van der Waals surface area contributed by atoms with Crippen LogP contribution in [-0.4, -0.2) is 79.9 Å². The molecule has 53 heavy (non-hydrogen) atoms. The first-order chi connectivity index (χ1) is 23.8. The first kappa shape index (κ1) is 47.0. The molecule has 0 radical (unpaired) electrons. The van der Waals surface area contributed by atoms with Crippen LogP contribution in [-0.2, 0) is 59.8 Å². The summed E-state index contributed by atoms with van der Waals surface area (Å²) in [5.41, 5.74) is 0.727. The van der Waals surface area contributed by atoms with Crippen molar-refractivity contribution in [1.82, 2.24) is 0 Å². The van der Waals surface area contributed by atoms with E-state index in [0.29, 0.717) is 19.6 Å². The molecule has 0 unspecified atom stereocenters. The summed E-state index contributed by atoms with van der Waals surface area (Å²) in [5, 5.41) is 0. The van der Waals surface area contributed by atoms with E-state index >= 15 is 0 Å². The SMILES string of the molecule is C.CC1(C)OB(B2OC(C)(C)C(C)(C)O2)OC1(C)C.CCOC(=O)Cc1ccc(B2OC(C)(C)C(C)(C)O2)cc1.CCOC(=O)Cc1ccc(Br)cc1. The number of hydrogen-bond donors (Lipinski definition) is 0. The number of hydrogen-bond acceptors (Lipinski definition) is 10. The highest BCUT2D eigenvalue weighted by atomic mass is 79.9. The lowest BCUT2D eigenvalue weighted by atomic mass is 9.49. The van der Waals surface area contributed by atoms with Gasteiger partial charge in [-0.15, -0.1) is 0 Å². The fourth-order valence-corrected chi connectivity index (χ4v) is 5.40. The van der Waals surface area contributed by atoms with Gasteiger partial charge in [0.2, 0.25) is 0 Å². The van der Waals surface area contributed by atoms with E-state index in [1.165, 1.54) is 0 Å². The third-order valence-electron chi connectivity index (χ3n) is 10.5. The van der Waals surface area contributed by atoms with E-state index in [9.17, 15) is 9.59 Å². The Labute approximate surface area is 328 Å². The van der Waals surface area contributed by atoms with Crippen molar-refractivity contribution in [2.75, 3.05) is 13.2 Å². The molecule has 294 valence electrons. The van der Waals surface area contributed by atoms with Crippen LogP contribution in [0.4, 0.5) is 0 Å². The van der Waals surface area contributed by atoms with Crippen LogP contribution in [0.5, 0.6) is 0 Å². The van der Waals surface area contributed by atoms with Gasteiger partial charge < -0.3 is 37.4 Å². The number of rotatable bonds is 8. The molecule has 0 saturated carbocycles. The van der Waals surface area contributed by atoms with Crippen molar-refractivity contribution >= 4 is 54.5 Å². The van der Waals surface area contributed by atoms with Crippen molar-refractivity contribution in [3.8, 4) is 0 Å². The lowest BCUT2D eigenvalue weighted by Gasteiger charge is -2.32. The molecule has 0 atom stereocenters. The number of esters is 2. The molecule has 14 heteroatoms. The van der Waals surface area contributed by atoms with Gasteiger partial charge in [0, 0.05) is 4.47 Å². The predicted molar refractivity (Wildman–Crippen MR) is 216 cm³/mol. The molecule has 2 aromatic rings. The zero-order valence-corrected chi connectivity index (χ0v) is 35.2. The zero-order valence-electron chi connectivity index (χ0n) is 33.6. The maximum Gasteiger partial charge on any atom is 0.494 e. The number of halogens is 1. The molecule has 0 aliphatic carbocycles. The quantitative estimate of drug-likeness (QED) is 0.196. The number of ether oxygens (including phenoxy) is 2. The molecule has 3 heterocycles. The van der Waals surface area contributed by atoms with Crippen LogP contribution < -0.4 is 5.46 Å². The Balaban J connectivity index is 0.000000280. The van der Waals surface area contributed by atoms with Gasteiger partial charge in [-0.2, -0.15) is 0 Å². The van der Waals surface area contributed by atoms with Gasteiger partial charge in [-0.05, 0) is 126 Å². The standard InChI is InChI=1S/C16H23BO4.C12H24B2O4.C10H11BrO2.CH4/c1-6-19-14(18)11-12-7-9-13(10-8-12)17-20-15(2,3)16(4,5)21-17;1-9(2)10(3,4)16-13(15-9)14-17-11(5,6)12(7,8)18-14;1-2-13-10(12)7-8-3-5-9(11)6-4-8;/h7-10H,6,11H2,1-5H3;1-8H3;3-6H,2,7H2,1H3;1H4. The fourth-order valence-electron chi connectivity index (χ4n) is 5.13. The highest BCUT2D eigenvalue weighted by molar-refractivity contribution is 9.10. The van der Waals surface area contributed by atoms with Gasteiger partial charge in [0.05, 0.1) is 59.7 Å². The average molecular weight is 803 g/mol. The largest absolute Gasteiger partial charge is 0.494 e. The van der Waals surface area contributed by atoms with Gasteiger partial charge in [-0.3, -0.25) is 9.59 Å². The summed E-state index contributed by atoms with van der Waals surface area (Å²) in [4.78, 5) is 22.5. The Hall–Kier alpha value is -2.19. The van der Waals surface area contributed by atoms with Gasteiger partial charge in [0.15, 0.2) is 0 Å². The second kappa shape index (κ2) is 18.2. The summed E-state index contributed by atoms with van der Waals surface area (Å²) in [5.74, 6) is -0.384. The highest BCUT2D eigenvalue weighted by Crippen LogP contribution is 2.43. The minimum atomic E-state index is -0.476. The van der Waals surface area contributed by atoms with E-state index in [4.69, 9.17) is 37.4 Å². The third kappa shape index (κ3) is 12.2. The van der Waals surface area contributed by atoms with Crippen LogP contribution in [0, 0.1) is 0 Å². The number of benzene rings is 2. The van der Waals surface area contributed by atoms with Gasteiger partial charge >= 0.3 is 33.1 Å². The molecule has 2 aromatic carbocycles. The highest BCUT2D eigenvalue weighted by Gasteiger charge is 2.63. The smallest absolute Gasteiger partial charge is 0.466 e. The van der Waals surface area contributed by atoms with Crippen molar-refractivity contribution in [2.24, 2.45) is 0 Å². The maximum atomic E-state index is 11.5. The lowest BCUT2D eigenvalue weighted by Crippen LogP contribution is -2.41. The van der Waals surface area contributed by atoms with Crippen LogP contribution in [0.3, 0.4) is 0 Å². The Morgan fingerprint density at radius 1 is 0.528 bits per heavy atom. The molecule has 5 rings (SSSR count).